The van der Waals surface area contributed by atoms with Crippen LogP contribution >= 0.6 is 11.8 Å². The van der Waals surface area contributed by atoms with Crippen LogP contribution in [0.15, 0.2) is 40.8 Å². The summed E-state index contributed by atoms with van der Waals surface area (Å²) in [6.45, 7) is 6.89. The van der Waals surface area contributed by atoms with Crippen molar-refractivity contribution < 1.29 is 28.5 Å². The van der Waals surface area contributed by atoms with Crippen LogP contribution < -0.4 is 11.1 Å². The molecule has 1 aromatic rings. The molecule has 3 fully saturated rings. The van der Waals surface area contributed by atoms with E-state index >= 15 is 0 Å². The van der Waals surface area contributed by atoms with Crippen LogP contribution in [0.3, 0.4) is 0 Å². The molecule has 2 saturated heterocycles. The van der Waals surface area contributed by atoms with Crippen molar-refractivity contribution in [1.29, 1.82) is 0 Å². The number of nitrogen functional groups attached to an aromatic ring is 1. The summed E-state index contributed by atoms with van der Waals surface area (Å²) in [6.07, 6.45) is 2.78. The molecule has 0 aromatic heterocycles. The van der Waals surface area contributed by atoms with Crippen LogP contribution in [0.25, 0.3) is 0 Å². The Bertz CT molecular complexity index is 960. The number of carbonyl (C=O) groups excluding carboxylic acids is 2. The molecule has 1 aliphatic carbocycles. The zero-order chi connectivity index (χ0) is 24.5. The van der Waals surface area contributed by atoms with E-state index in [4.69, 9.17) is 24.7 Å². The van der Waals surface area contributed by atoms with Crippen molar-refractivity contribution in [1.82, 2.24) is 5.32 Å². The number of epoxide rings is 2. The van der Waals surface area contributed by atoms with E-state index in [-0.39, 0.29) is 29.5 Å². The molecule has 2 aliphatic heterocycles. The fourth-order valence-electron chi connectivity index (χ4n) is 5.14. The molecular formula is C25H34N2O6S. The minimum Gasteiger partial charge on any atom is -0.443 e. The molecule has 3 aliphatic rings. The van der Waals surface area contributed by atoms with E-state index in [0.717, 1.165) is 17.7 Å². The van der Waals surface area contributed by atoms with Gasteiger partial charge in [-0.05, 0) is 58.2 Å². The van der Waals surface area contributed by atoms with Gasteiger partial charge in [0.25, 0.3) is 0 Å². The molecule has 186 valence electrons. The number of imide groups is 1. The highest BCUT2D eigenvalue weighted by Crippen LogP contribution is 2.59. The Morgan fingerprint density at radius 3 is 2.76 bits per heavy atom. The molecule has 0 radical (unpaired) electrons. The molecule has 1 spiro atoms. The topological polar surface area (TPSA) is 116 Å². The number of carbonyl (C=O) groups is 2. The highest BCUT2D eigenvalue weighted by Gasteiger charge is 2.72. The Kier molecular flexibility index (Phi) is 7.28. The number of rotatable bonds is 8. The summed E-state index contributed by atoms with van der Waals surface area (Å²) in [4.78, 5) is 25.7. The molecule has 4 rings (SSSR count). The molecule has 9 heteroatoms. The Morgan fingerprint density at radius 1 is 1.35 bits per heavy atom. The number of anilines is 1. The summed E-state index contributed by atoms with van der Waals surface area (Å²) in [5.41, 5.74) is 6.93. The molecule has 8 nitrogen and oxygen atoms in total. The fourth-order valence-corrected chi connectivity index (χ4v) is 5.90. The van der Waals surface area contributed by atoms with Gasteiger partial charge in [-0.1, -0.05) is 17.7 Å². The molecule has 2 amide bonds. The summed E-state index contributed by atoms with van der Waals surface area (Å²) in [6, 6.07) is 7.24. The summed E-state index contributed by atoms with van der Waals surface area (Å²) in [5, 5.41) is 2.33. The van der Waals surface area contributed by atoms with Gasteiger partial charge in [0.15, 0.2) is 0 Å². The van der Waals surface area contributed by atoms with Gasteiger partial charge in [0.05, 0.1) is 24.4 Å². The number of allylic oxidation sites excluding steroid dienone is 1. The maximum absolute atomic E-state index is 12.5. The van der Waals surface area contributed by atoms with Crippen molar-refractivity contribution in [2.24, 2.45) is 5.92 Å². The van der Waals surface area contributed by atoms with Crippen LogP contribution in [0.4, 0.5) is 10.5 Å². The van der Waals surface area contributed by atoms with Crippen LogP contribution in [0, 0.1) is 5.92 Å². The highest BCUT2D eigenvalue weighted by atomic mass is 32.2. The van der Waals surface area contributed by atoms with Gasteiger partial charge >= 0.3 is 6.09 Å². The molecule has 1 unspecified atom stereocenters. The van der Waals surface area contributed by atoms with Crippen molar-refractivity contribution in [3.63, 3.8) is 0 Å². The zero-order valence-corrected chi connectivity index (χ0v) is 21.0. The van der Waals surface area contributed by atoms with Gasteiger partial charge < -0.3 is 24.7 Å². The minimum atomic E-state index is -0.764. The molecule has 6 atom stereocenters. The standard InChI is InChI=1S/C25H34N2O6S/c1-15(2)8-9-19-24(3,33-19)22-21(30-4)18(10-11-25(22)14-31-25)32-23(29)27-20(28)13-34-17-7-5-6-16(26)12-17/h5-8,12,18-19,21-22H,9-11,13-14,26H2,1-4H3,(H,27,28,29)/t18-,19-,21-,22-,24?,25+/m1/s1. The van der Waals surface area contributed by atoms with Gasteiger partial charge in [0, 0.05) is 17.7 Å². The quantitative estimate of drug-likeness (QED) is 0.245. The lowest BCUT2D eigenvalue weighted by Crippen LogP contribution is -2.56. The Balaban J connectivity index is 1.35. The summed E-state index contributed by atoms with van der Waals surface area (Å²) in [5.74, 6) is -0.420. The maximum Gasteiger partial charge on any atom is 0.414 e. The Hall–Kier alpha value is -2.07. The first-order valence-corrected chi connectivity index (χ1v) is 12.6. The lowest BCUT2D eigenvalue weighted by atomic mass is 9.68. The van der Waals surface area contributed by atoms with Crippen molar-refractivity contribution >= 4 is 29.4 Å². The molecule has 0 bridgehead atoms. The van der Waals surface area contributed by atoms with E-state index < -0.39 is 23.7 Å². The molecule has 34 heavy (non-hydrogen) atoms. The van der Waals surface area contributed by atoms with E-state index in [1.807, 2.05) is 12.1 Å². The largest absolute Gasteiger partial charge is 0.443 e. The summed E-state index contributed by atoms with van der Waals surface area (Å²) in [7, 11) is 1.62. The second-order valence-electron chi connectivity index (χ2n) is 9.73. The lowest BCUT2D eigenvalue weighted by Gasteiger charge is -2.42. The number of nitrogens with two attached hydrogens (primary N) is 1. The van der Waals surface area contributed by atoms with Crippen LogP contribution in [-0.2, 0) is 23.7 Å². The third-order valence-corrected chi connectivity index (χ3v) is 7.96. The van der Waals surface area contributed by atoms with E-state index in [1.54, 1.807) is 19.2 Å². The number of nitrogens with one attached hydrogen (secondary N) is 1. The third kappa shape index (κ3) is 5.43. The Morgan fingerprint density at radius 2 is 2.12 bits per heavy atom. The number of alkyl carbamates (subject to hydrolysis) is 1. The normalized spacial score (nSPS) is 33.8. The fraction of sp³-hybridized carbons (Fsp3) is 0.600. The SMILES string of the molecule is CO[C@H]1[C@H](C2(C)O[C@@H]2CC=C(C)C)[C@]2(CC[C@H]1OC(=O)NC(=O)CSc1cccc(N)c1)CO2. The molecular weight excluding hydrogens is 456 g/mol. The van der Waals surface area contributed by atoms with Crippen molar-refractivity contribution in [2.45, 2.75) is 74.4 Å². The van der Waals surface area contributed by atoms with E-state index in [2.05, 4.69) is 32.2 Å². The number of amides is 2. The van der Waals surface area contributed by atoms with Crippen molar-refractivity contribution in [3.8, 4) is 0 Å². The van der Waals surface area contributed by atoms with E-state index in [9.17, 15) is 9.59 Å². The first-order valence-electron chi connectivity index (χ1n) is 11.6. The van der Waals surface area contributed by atoms with Crippen molar-refractivity contribution in [2.75, 3.05) is 25.2 Å². The Labute approximate surface area is 204 Å². The van der Waals surface area contributed by atoms with E-state index in [0.29, 0.717) is 18.7 Å². The first-order chi connectivity index (χ1) is 16.2. The number of ether oxygens (including phenoxy) is 4. The van der Waals surface area contributed by atoms with Crippen LogP contribution in [0.5, 0.6) is 0 Å². The zero-order valence-electron chi connectivity index (χ0n) is 20.2. The monoisotopic (exact) mass is 490 g/mol. The van der Waals surface area contributed by atoms with Gasteiger partial charge in [-0.25, -0.2) is 4.79 Å². The number of methoxy groups -OCH3 is 1. The average Bonchev–Trinajstić information content (AvgIpc) is 3.69. The second-order valence-corrected chi connectivity index (χ2v) is 10.8. The summed E-state index contributed by atoms with van der Waals surface area (Å²) >= 11 is 1.30. The van der Waals surface area contributed by atoms with Gasteiger partial charge in [-0.3, -0.25) is 10.1 Å². The minimum absolute atomic E-state index is 0.0677. The lowest BCUT2D eigenvalue weighted by molar-refractivity contribution is -0.124. The molecule has 3 N–H and O–H groups in total. The van der Waals surface area contributed by atoms with E-state index in [1.165, 1.54) is 17.3 Å². The molecule has 1 saturated carbocycles. The van der Waals surface area contributed by atoms with Gasteiger partial charge in [-0.2, -0.15) is 0 Å². The number of thioether (sulfide) groups is 1. The van der Waals surface area contributed by atoms with Gasteiger partial charge in [-0.15, -0.1) is 11.8 Å². The highest BCUT2D eigenvalue weighted by molar-refractivity contribution is 8.00. The summed E-state index contributed by atoms with van der Waals surface area (Å²) < 4.78 is 23.7. The second kappa shape index (κ2) is 9.89. The predicted molar refractivity (Wildman–Crippen MR) is 130 cm³/mol. The smallest absolute Gasteiger partial charge is 0.414 e. The number of hydrogen-bond acceptors (Lipinski definition) is 8. The van der Waals surface area contributed by atoms with Crippen LogP contribution in [-0.4, -0.2) is 61.0 Å². The van der Waals surface area contributed by atoms with Crippen LogP contribution in [0.1, 0.15) is 40.0 Å². The molecule has 2 heterocycles. The van der Waals surface area contributed by atoms with Crippen LogP contribution in [0.2, 0.25) is 0 Å². The number of benzene rings is 1. The predicted octanol–water partition coefficient (Wildman–Crippen LogP) is 3.69. The number of hydrogen-bond donors (Lipinski definition) is 2. The molecule has 1 aromatic carbocycles. The average molecular weight is 491 g/mol. The maximum atomic E-state index is 12.5. The third-order valence-electron chi connectivity index (χ3n) is 6.96. The van der Waals surface area contributed by atoms with Gasteiger partial charge in [0.1, 0.15) is 23.4 Å². The first kappa shape index (κ1) is 25.0. The van der Waals surface area contributed by atoms with Crippen molar-refractivity contribution in [3.05, 3.63) is 35.9 Å². The van der Waals surface area contributed by atoms with Gasteiger partial charge in [0.2, 0.25) is 5.91 Å².